The van der Waals surface area contributed by atoms with Gasteiger partial charge in [-0.1, -0.05) is 36.4 Å². The number of phenols is 2. The molecule has 2 N–H and O–H groups in total. The number of carbonyl (C=O) groups excluding carboxylic acids is 1. The monoisotopic (exact) mass is 567 g/mol. The minimum Gasteiger partial charge on any atom is -0.507 e. The average molecular weight is 569 g/mol. The second-order valence-corrected chi connectivity index (χ2v) is 9.87. The third-order valence-electron chi connectivity index (χ3n) is 5.65. The molecule has 6 heteroatoms. The van der Waals surface area contributed by atoms with E-state index >= 15 is 0 Å². The van der Waals surface area contributed by atoms with Crippen molar-refractivity contribution < 1.29 is 15.0 Å². The molecular formula is C27H23Br2NO3. The van der Waals surface area contributed by atoms with Crippen molar-refractivity contribution in [3.05, 3.63) is 103 Å². The summed E-state index contributed by atoms with van der Waals surface area (Å²) in [6.07, 6.45) is 3.77. The van der Waals surface area contributed by atoms with Crippen LogP contribution in [0.5, 0.6) is 11.5 Å². The van der Waals surface area contributed by atoms with E-state index in [9.17, 15) is 15.0 Å². The van der Waals surface area contributed by atoms with Crippen molar-refractivity contribution in [2.75, 3.05) is 13.1 Å². The summed E-state index contributed by atoms with van der Waals surface area (Å²) in [4.78, 5) is 15.7. The maximum atomic E-state index is 13.4. The Hall–Kier alpha value is -2.67. The Morgan fingerprint density at radius 2 is 1.36 bits per heavy atom. The fourth-order valence-corrected chi connectivity index (χ4v) is 4.67. The fraction of sp³-hybridized carbons (Fsp3) is 0.148. The van der Waals surface area contributed by atoms with Gasteiger partial charge in [-0.05, 0) is 97.5 Å². The topological polar surface area (TPSA) is 60.8 Å². The van der Waals surface area contributed by atoms with Crippen LogP contribution in [0, 0.1) is 6.92 Å². The van der Waals surface area contributed by atoms with Crippen molar-refractivity contribution in [3.8, 4) is 11.5 Å². The van der Waals surface area contributed by atoms with E-state index in [-0.39, 0.29) is 17.3 Å². The molecule has 168 valence electrons. The lowest BCUT2D eigenvalue weighted by Gasteiger charge is -2.30. The number of carbonyl (C=O) groups is 1. The average Bonchev–Trinajstić information content (AvgIpc) is 2.78. The van der Waals surface area contributed by atoms with Gasteiger partial charge in [-0.3, -0.25) is 9.69 Å². The number of hydrogen-bond acceptors (Lipinski definition) is 4. The van der Waals surface area contributed by atoms with Crippen LogP contribution in [0.15, 0.2) is 80.8 Å². The maximum Gasteiger partial charge on any atom is 0.187 e. The number of piperidine rings is 1. The van der Waals surface area contributed by atoms with Crippen molar-refractivity contribution >= 4 is 49.8 Å². The molecule has 33 heavy (non-hydrogen) atoms. The molecule has 0 unspecified atom stereocenters. The normalized spacial score (nSPS) is 17.1. The van der Waals surface area contributed by atoms with Crippen LogP contribution in [0.3, 0.4) is 0 Å². The molecule has 4 rings (SSSR count). The summed E-state index contributed by atoms with van der Waals surface area (Å²) in [7, 11) is 0. The Labute approximate surface area is 210 Å². The number of Topliss-reactive ketones (excluding diaryl/α,β-unsaturated/α-hetero) is 1. The molecule has 4 nitrogen and oxygen atoms in total. The first-order valence-electron chi connectivity index (χ1n) is 10.5. The predicted molar refractivity (Wildman–Crippen MR) is 139 cm³/mol. The van der Waals surface area contributed by atoms with E-state index in [1.807, 2.05) is 24.3 Å². The van der Waals surface area contributed by atoms with Gasteiger partial charge < -0.3 is 10.2 Å². The lowest BCUT2D eigenvalue weighted by Crippen LogP contribution is -2.37. The van der Waals surface area contributed by atoms with Gasteiger partial charge in [0.05, 0.1) is 8.95 Å². The van der Waals surface area contributed by atoms with Gasteiger partial charge in [0, 0.05) is 30.8 Å². The molecule has 0 bridgehead atoms. The van der Waals surface area contributed by atoms with E-state index in [1.54, 1.807) is 36.4 Å². The molecule has 0 amide bonds. The van der Waals surface area contributed by atoms with Gasteiger partial charge in [-0.25, -0.2) is 0 Å². The molecule has 0 atom stereocenters. The highest BCUT2D eigenvalue weighted by Crippen LogP contribution is 2.29. The Morgan fingerprint density at radius 1 is 0.848 bits per heavy atom. The van der Waals surface area contributed by atoms with Crippen LogP contribution in [0.25, 0.3) is 12.2 Å². The molecule has 0 saturated carbocycles. The van der Waals surface area contributed by atoms with Gasteiger partial charge in [-0.2, -0.15) is 0 Å². The van der Waals surface area contributed by atoms with Crippen LogP contribution < -0.4 is 0 Å². The lowest BCUT2D eigenvalue weighted by molar-refractivity contribution is -0.113. The Bertz CT molecular complexity index is 1210. The summed E-state index contributed by atoms with van der Waals surface area (Å²) in [5.74, 6) is 0.322. The highest BCUT2D eigenvalue weighted by atomic mass is 79.9. The van der Waals surface area contributed by atoms with E-state index in [0.29, 0.717) is 33.2 Å². The summed E-state index contributed by atoms with van der Waals surface area (Å²) in [6.45, 7) is 3.89. The zero-order valence-corrected chi connectivity index (χ0v) is 21.2. The minimum atomic E-state index is 0.00410. The van der Waals surface area contributed by atoms with Crippen molar-refractivity contribution in [3.63, 3.8) is 0 Å². The van der Waals surface area contributed by atoms with Gasteiger partial charge in [0.1, 0.15) is 11.5 Å². The fourth-order valence-electron chi connectivity index (χ4n) is 3.88. The SMILES string of the molecule is Cc1ccccc1CN1C/C(=C\c2ccc(O)c(Br)c2)C(=O)/C(=C/c2ccc(O)c(Br)c2)C1. The number of rotatable bonds is 4. The van der Waals surface area contributed by atoms with Gasteiger partial charge in [0.25, 0.3) is 0 Å². The number of phenolic OH excluding ortho intramolecular Hbond substituents is 2. The summed E-state index contributed by atoms with van der Waals surface area (Å²) >= 11 is 6.70. The highest BCUT2D eigenvalue weighted by molar-refractivity contribution is 9.10. The van der Waals surface area contributed by atoms with Crippen LogP contribution in [-0.4, -0.2) is 34.0 Å². The first kappa shape index (κ1) is 23.5. The van der Waals surface area contributed by atoms with E-state index in [0.717, 1.165) is 17.7 Å². The van der Waals surface area contributed by atoms with Crippen molar-refractivity contribution in [2.24, 2.45) is 0 Å². The summed E-state index contributed by atoms with van der Waals surface area (Å²) < 4.78 is 1.17. The molecule has 0 aliphatic carbocycles. The number of benzene rings is 3. The molecule has 1 fully saturated rings. The lowest BCUT2D eigenvalue weighted by atomic mass is 9.93. The minimum absolute atomic E-state index is 0.00410. The maximum absolute atomic E-state index is 13.4. The van der Waals surface area contributed by atoms with E-state index in [4.69, 9.17) is 0 Å². The number of aromatic hydroxyl groups is 2. The van der Waals surface area contributed by atoms with Crippen LogP contribution >= 0.6 is 31.9 Å². The van der Waals surface area contributed by atoms with Gasteiger partial charge in [0.2, 0.25) is 0 Å². The van der Waals surface area contributed by atoms with E-state index in [2.05, 4.69) is 55.8 Å². The van der Waals surface area contributed by atoms with Crippen LogP contribution in [0.2, 0.25) is 0 Å². The van der Waals surface area contributed by atoms with Crippen LogP contribution in [-0.2, 0) is 11.3 Å². The smallest absolute Gasteiger partial charge is 0.187 e. The van der Waals surface area contributed by atoms with Gasteiger partial charge in [-0.15, -0.1) is 0 Å². The van der Waals surface area contributed by atoms with Crippen molar-refractivity contribution in [2.45, 2.75) is 13.5 Å². The first-order chi connectivity index (χ1) is 15.8. The zero-order chi connectivity index (χ0) is 23.5. The number of nitrogens with zero attached hydrogens (tertiary/aromatic N) is 1. The molecule has 0 radical (unpaired) electrons. The number of likely N-dealkylation sites (tertiary alicyclic amines) is 1. The largest absolute Gasteiger partial charge is 0.507 e. The van der Waals surface area contributed by atoms with Gasteiger partial charge in [0.15, 0.2) is 5.78 Å². The molecule has 1 saturated heterocycles. The molecule has 1 aliphatic rings. The molecule has 1 heterocycles. The van der Waals surface area contributed by atoms with Gasteiger partial charge >= 0.3 is 0 Å². The van der Waals surface area contributed by atoms with E-state index < -0.39 is 0 Å². The number of hydrogen-bond donors (Lipinski definition) is 2. The van der Waals surface area contributed by atoms with Crippen LogP contribution in [0.1, 0.15) is 22.3 Å². The standard InChI is InChI=1S/C27H23Br2NO3/c1-17-4-2-3-5-20(17)14-30-15-21(10-18-6-8-25(31)23(28)12-18)27(33)22(16-30)11-19-7-9-26(32)24(29)13-19/h2-13,31-32H,14-16H2,1H3/b21-10+,22-11+. The molecule has 3 aromatic rings. The molecule has 3 aromatic carbocycles. The molecular weight excluding hydrogens is 546 g/mol. The second-order valence-electron chi connectivity index (χ2n) is 8.16. The first-order valence-corrected chi connectivity index (χ1v) is 12.1. The number of ketones is 1. The van der Waals surface area contributed by atoms with E-state index in [1.165, 1.54) is 11.1 Å². The Morgan fingerprint density at radius 3 is 1.85 bits per heavy atom. The second kappa shape index (κ2) is 10.1. The molecule has 0 aromatic heterocycles. The summed E-state index contributed by atoms with van der Waals surface area (Å²) in [5, 5.41) is 19.6. The number of halogens is 2. The molecule has 1 aliphatic heterocycles. The third-order valence-corrected chi connectivity index (χ3v) is 6.92. The summed E-state index contributed by atoms with van der Waals surface area (Å²) in [6, 6.07) is 18.7. The Kier molecular flexibility index (Phi) is 7.17. The third kappa shape index (κ3) is 5.64. The highest BCUT2D eigenvalue weighted by Gasteiger charge is 2.26. The quantitative estimate of drug-likeness (QED) is 0.353. The number of aryl methyl sites for hydroxylation is 1. The van der Waals surface area contributed by atoms with Crippen molar-refractivity contribution in [1.29, 1.82) is 0 Å². The molecule has 0 spiro atoms. The summed E-state index contributed by atoms with van der Waals surface area (Å²) in [5.41, 5.74) is 5.51. The Balaban J connectivity index is 1.72. The van der Waals surface area contributed by atoms with Crippen LogP contribution in [0.4, 0.5) is 0 Å². The zero-order valence-electron chi connectivity index (χ0n) is 18.1. The predicted octanol–water partition coefficient (Wildman–Crippen LogP) is 6.48. The van der Waals surface area contributed by atoms with Crippen molar-refractivity contribution in [1.82, 2.24) is 4.90 Å².